The van der Waals surface area contributed by atoms with E-state index in [1.165, 1.54) is 16.7 Å². The first kappa shape index (κ1) is 12.3. The molecule has 4 nitrogen and oxygen atoms in total. The first-order valence-corrected chi connectivity index (χ1v) is 6.81. The lowest BCUT2D eigenvalue weighted by atomic mass is 10.3. The van der Waals surface area contributed by atoms with Crippen molar-refractivity contribution in [2.24, 2.45) is 0 Å². The smallest absolute Gasteiger partial charge is 0.265 e. The van der Waals surface area contributed by atoms with E-state index in [4.69, 9.17) is 12.2 Å². The highest BCUT2D eigenvalue weighted by atomic mass is 32.2. The van der Waals surface area contributed by atoms with Crippen LogP contribution in [0.15, 0.2) is 35.4 Å². The number of thiocarbonyl (C=S) groups is 1. The lowest BCUT2D eigenvalue weighted by molar-refractivity contribution is -0.121. The first-order valence-electron chi connectivity index (χ1n) is 5.58. The highest BCUT2D eigenvalue weighted by molar-refractivity contribution is 8.26. The van der Waals surface area contributed by atoms with Gasteiger partial charge >= 0.3 is 0 Å². The Hall–Kier alpha value is -1.79. The molecule has 1 amide bonds. The van der Waals surface area contributed by atoms with E-state index >= 15 is 0 Å². The number of aromatic nitrogens is 2. The van der Waals surface area contributed by atoms with Crippen molar-refractivity contribution in [1.82, 2.24) is 14.9 Å². The van der Waals surface area contributed by atoms with Gasteiger partial charge in [-0.25, -0.2) is 4.98 Å². The normalized spacial score (nSPS) is 17.7. The number of likely N-dealkylation sites (N-methyl/N-ethyl adjacent to an activating group) is 1. The van der Waals surface area contributed by atoms with Crippen LogP contribution in [-0.4, -0.2) is 32.1 Å². The lowest BCUT2D eigenvalue weighted by Crippen LogP contribution is -2.22. The summed E-state index contributed by atoms with van der Waals surface area (Å²) < 4.78 is 0.560. The van der Waals surface area contributed by atoms with Crippen LogP contribution in [0.3, 0.4) is 0 Å². The Labute approximate surface area is 119 Å². The number of para-hydroxylation sites is 2. The summed E-state index contributed by atoms with van der Waals surface area (Å²) in [4.78, 5) is 22.7. The third-order valence-electron chi connectivity index (χ3n) is 2.73. The van der Waals surface area contributed by atoms with Crippen LogP contribution in [0.5, 0.6) is 0 Å². The molecule has 6 heteroatoms. The molecule has 1 fully saturated rings. The van der Waals surface area contributed by atoms with Gasteiger partial charge in [0.1, 0.15) is 4.32 Å². The number of fused-ring (bicyclic) bond motifs is 1. The summed E-state index contributed by atoms with van der Waals surface area (Å²) in [6.07, 6.45) is 3.38. The molecule has 0 unspecified atom stereocenters. The fourth-order valence-corrected chi connectivity index (χ4v) is 2.89. The van der Waals surface area contributed by atoms with Crippen molar-refractivity contribution in [2.45, 2.75) is 0 Å². The van der Waals surface area contributed by atoms with E-state index in [1.54, 1.807) is 19.3 Å². The van der Waals surface area contributed by atoms with Crippen molar-refractivity contribution < 1.29 is 4.79 Å². The van der Waals surface area contributed by atoms with E-state index in [1.807, 2.05) is 24.3 Å². The van der Waals surface area contributed by atoms with E-state index in [2.05, 4.69) is 9.97 Å². The Morgan fingerprint density at radius 1 is 1.32 bits per heavy atom. The zero-order valence-corrected chi connectivity index (χ0v) is 11.7. The standard InChI is InChI=1S/C13H9N3OS2/c1-16-12(17)11(19-13(16)18)6-8-7-14-9-4-2-3-5-10(9)15-8/h2-7H,1H3. The van der Waals surface area contributed by atoms with E-state index in [-0.39, 0.29) is 5.91 Å². The number of thioether (sulfide) groups is 1. The molecular formula is C13H9N3OS2. The van der Waals surface area contributed by atoms with Crippen molar-refractivity contribution in [2.75, 3.05) is 7.05 Å². The van der Waals surface area contributed by atoms with Gasteiger partial charge in [-0.3, -0.25) is 14.7 Å². The fourth-order valence-electron chi connectivity index (χ4n) is 1.72. The molecule has 3 rings (SSSR count). The van der Waals surface area contributed by atoms with Crippen LogP contribution >= 0.6 is 24.0 Å². The topological polar surface area (TPSA) is 46.1 Å². The molecule has 2 aromatic rings. The van der Waals surface area contributed by atoms with Crippen LogP contribution in [0.2, 0.25) is 0 Å². The van der Waals surface area contributed by atoms with Gasteiger partial charge in [0.05, 0.1) is 27.8 Å². The molecule has 0 radical (unpaired) electrons. The first-order chi connectivity index (χ1) is 9.15. The van der Waals surface area contributed by atoms with Gasteiger partial charge in [0, 0.05) is 7.05 Å². The molecule has 1 aromatic heterocycles. The molecule has 94 valence electrons. The largest absolute Gasteiger partial charge is 0.296 e. The molecular weight excluding hydrogens is 278 g/mol. The lowest BCUT2D eigenvalue weighted by Gasteiger charge is -2.03. The summed E-state index contributed by atoms with van der Waals surface area (Å²) in [6, 6.07) is 7.62. The van der Waals surface area contributed by atoms with Crippen LogP contribution in [-0.2, 0) is 4.79 Å². The SMILES string of the molecule is CN1C(=O)C(=Cc2cnc3ccccc3n2)SC1=S. The highest BCUT2D eigenvalue weighted by Crippen LogP contribution is 2.30. The van der Waals surface area contributed by atoms with Crippen molar-refractivity contribution in [3.8, 4) is 0 Å². The molecule has 0 aliphatic carbocycles. The van der Waals surface area contributed by atoms with Gasteiger partial charge in [0.2, 0.25) is 0 Å². The van der Waals surface area contributed by atoms with Crippen LogP contribution in [0.1, 0.15) is 5.69 Å². The maximum Gasteiger partial charge on any atom is 0.265 e. The molecule has 0 atom stereocenters. The number of nitrogens with zero attached hydrogens (tertiary/aromatic N) is 3. The predicted octanol–water partition coefficient (Wildman–Crippen LogP) is 2.46. The highest BCUT2D eigenvalue weighted by Gasteiger charge is 2.28. The van der Waals surface area contributed by atoms with Gasteiger partial charge < -0.3 is 0 Å². The minimum atomic E-state index is -0.0926. The van der Waals surface area contributed by atoms with Crippen LogP contribution in [0.25, 0.3) is 17.1 Å². The van der Waals surface area contributed by atoms with Crippen LogP contribution < -0.4 is 0 Å². The summed E-state index contributed by atoms with van der Waals surface area (Å²) in [5, 5.41) is 0. The molecule has 19 heavy (non-hydrogen) atoms. The second-order valence-electron chi connectivity index (χ2n) is 4.02. The number of hydrogen-bond acceptors (Lipinski definition) is 5. The molecule has 1 saturated heterocycles. The van der Waals surface area contributed by atoms with Crippen LogP contribution in [0.4, 0.5) is 0 Å². The third kappa shape index (κ3) is 2.24. The second-order valence-corrected chi connectivity index (χ2v) is 5.70. The van der Waals surface area contributed by atoms with Gasteiger partial charge in [-0.1, -0.05) is 36.1 Å². The number of rotatable bonds is 1. The molecule has 1 aliphatic rings. The van der Waals surface area contributed by atoms with Crippen LogP contribution in [0, 0.1) is 0 Å². The Bertz CT molecular complexity index is 727. The Balaban J connectivity index is 2.02. The molecule has 0 spiro atoms. The van der Waals surface area contributed by atoms with Crippen molar-refractivity contribution in [3.05, 3.63) is 41.1 Å². The average Bonchev–Trinajstić information content (AvgIpc) is 2.66. The van der Waals surface area contributed by atoms with Crippen molar-refractivity contribution in [1.29, 1.82) is 0 Å². The maximum atomic E-state index is 11.9. The summed E-state index contributed by atoms with van der Waals surface area (Å²) >= 11 is 6.36. The summed E-state index contributed by atoms with van der Waals surface area (Å²) in [6.45, 7) is 0. The van der Waals surface area contributed by atoms with Gasteiger partial charge in [-0.05, 0) is 18.2 Å². The van der Waals surface area contributed by atoms with Crippen molar-refractivity contribution >= 4 is 51.3 Å². The molecule has 0 bridgehead atoms. The number of carbonyl (C=O) groups is 1. The minimum absolute atomic E-state index is 0.0926. The molecule has 1 aromatic carbocycles. The summed E-state index contributed by atoms with van der Waals surface area (Å²) in [7, 11) is 1.67. The average molecular weight is 287 g/mol. The number of benzene rings is 1. The number of carbonyl (C=O) groups excluding carboxylic acids is 1. The monoisotopic (exact) mass is 287 g/mol. The Morgan fingerprint density at radius 2 is 2.05 bits per heavy atom. The zero-order valence-electron chi connectivity index (χ0n) is 10.0. The predicted molar refractivity (Wildman–Crippen MR) is 80.5 cm³/mol. The van der Waals surface area contributed by atoms with Gasteiger partial charge in [0.15, 0.2) is 0 Å². The fraction of sp³-hybridized carbons (Fsp3) is 0.0769. The van der Waals surface area contributed by atoms with Gasteiger partial charge in [-0.2, -0.15) is 0 Å². The Kier molecular flexibility index (Phi) is 3.04. The molecule has 0 N–H and O–H groups in total. The summed E-state index contributed by atoms with van der Waals surface area (Å²) in [5.41, 5.74) is 2.30. The van der Waals surface area contributed by atoms with E-state index < -0.39 is 0 Å². The zero-order chi connectivity index (χ0) is 13.4. The maximum absolute atomic E-state index is 11.9. The summed E-state index contributed by atoms with van der Waals surface area (Å²) in [5.74, 6) is -0.0926. The minimum Gasteiger partial charge on any atom is -0.296 e. The third-order valence-corrected chi connectivity index (χ3v) is 4.22. The molecule has 2 heterocycles. The Morgan fingerprint density at radius 3 is 2.74 bits per heavy atom. The van der Waals surface area contributed by atoms with Gasteiger partial charge in [-0.15, -0.1) is 0 Å². The molecule has 0 saturated carbocycles. The quantitative estimate of drug-likeness (QED) is 0.595. The van der Waals surface area contributed by atoms with E-state index in [0.717, 1.165) is 11.0 Å². The number of amides is 1. The number of hydrogen-bond donors (Lipinski definition) is 0. The van der Waals surface area contributed by atoms with Crippen molar-refractivity contribution in [3.63, 3.8) is 0 Å². The van der Waals surface area contributed by atoms with E-state index in [9.17, 15) is 4.79 Å². The molecule has 1 aliphatic heterocycles. The van der Waals surface area contributed by atoms with E-state index in [0.29, 0.717) is 14.9 Å². The second kappa shape index (κ2) is 4.71. The van der Waals surface area contributed by atoms with Gasteiger partial charge in [0.25, 0.3) is 5.91 Å².